The van der Waals surface area contributed by atoms with Gasteiger partial charge in [-0.3, -0.25) is 4.79 Å². The number of oxime groups is 1. The maximum absolute atomic E-state index is 11.6. The van der Waals surface area contributed by atoms with Crippen LogP contribution >= 0.6 is 0 Å². The second kappa shape index (κ2) is 10.7. The molecule has 0 amide bonds. The number of pyridine rings is 1. The summed E-state index contributed by atoms with van der Waals surface area (Å²) in [7, 11) is 0. The van der Waals surface area contributed by atoms with E-state index < -0.39 is 0 Å². The summed E-state index contributed by atoms with van der Waals surface area (Å²) in [6.07, 6.45) is 5.58. The van der Waals surface area contributed by atoms with Gasteiger partial charge in [0.05, 0.1) is 11.2 Å². The lowest BCUT2D eigenvalue weighted by Crippen LogP contribution is -2.16. The van der Waals surface area contributed by atoms with Crippen LogP contribution in [-0.4, -0.2) is 38.0 Å². The molecule has 0 fully saturated rings. The van der Waals surface area contributed by atoms with Crippen molar-refractivity contribution in [2.24, 2.45) is 5.16 Å². The SMILES string of the molecule is CCCCc1nc2c(N)nc3ccccc3c2n1OCCCC/C(CC(=O)CC)=N/O. The van der Waals surface area contributed by atoms with E-state index in [-0.39, 0.29) is 12.2 Å². The monoisotopic (exact) mass is 425 g/mol. The summed E-state index contributed by atoms with van der Waals surface area (Å²) in [5, 5.41) is 13.3. The molecule has 31 heavy (non-hydrogen) atoms. The smallest absolute Gasteiger partial charge is 0.152 e. The average Bonchev–Trinajstić information content (AvgIpc) is 3.15. The first kappa shape index (κ1) is 22.5. The molecule has 8 nitrogen and oxygen atoms in total. The molecule has 0 aliphatic heterocycles. The van der Waals surface area contributed by atoms with E-state index in [0.29, 0.717) is 36.5 Å². The maximum atomic E-state index is 11.6. The van der Waals surface area contributed by atoms with Crippen molar-refractivity contribution in [2.75, 3.05) is 12.3 Å². The summed E-state index contributed by atoms with van der Waals surface area (Å²) in [4.78, 5) is 27.0. The van der Waals surface area contributed by atoms with Gasteiger partial charge >= 0.3 is 0 Å². The number of ketones is 1. The molecule has 2 heterocycles. The van der Waals surface area contributed by atoms with Crippen molar-refractivity contribution < 1.29 is 14.8 Å². The largest absolute Gasteiger partial charge is 0.412 e. The van der Waals surface area contributed by atoms with Crippen molar-refractivity contribution in [3.05, 3.63) is 30.1 Å². The fourth-order valence-electron chi connectivity index (χ4n) is 3.57. The van der Waals surface area contributed by atoms with Crippen LogP contribution in [0.4, 0.5) is 5.82 Å². The highest BCUT2D eigenvalue weighted by Gasteiger charge is 2.18. The van der Waals surface area contributed by atoms with E-state index in [9.17, 15) is 4.79 Å². The number of Topliss-reactive ketones (excluding diaryl/α,β-unsaturated/α-hetero) is 1. The van der Waals surface area contributed by atoms with Crippen LogP contribution in [0.5, 0.6) is 0 Å². The van der Waals surface area contributed by atoms with E-state index in [4.69, 9.17) is 20.8 Å². The number of aryl methyl sites for hydroxylation is 1. The number of nitrogen functional groups attached to an aromatic ring is 1. The highest BCUT2D eigenvalue weighted by Crippen LogP contribution is 2.28. The van der Waals surface area contributed by atoms with Crippen molar-refractivity contribution in [3.63, 3.8) is 0 Å². The van der Waals surface area contributed by atoms with Gasteiger partial charge in [-0.2, -0.15) is 4.73 Å². The predicted molar refractivity (Wildman–Crippen MR) is 122 cm³/mol. The van der Waals surface area contributed by atoms with Crippen LogP contribution in [0, 0.1) is 0 Å². The summed E-state index contributed by atoms with van der Waals surface area (Å²) in [6, 6.07) is 7.84. The average molecular weight is 426 g/mol. The predicted octanol–water partition coefficient (Wildman–Crippen LogP) is 4.31. The Morgan fingerprint density at radius 1 is 1.19 bits per heavy atom. The molecular formula is C23H31N5O3. The second-order valence-corrected chi connectivity index (χ2v) is 7.66. The zero-order valence-corrected chi connectivity index (χ0v) is 18.3. The Morgan fingerprint density at radius 3 is 2.74 bits per heavy atom. The van der Waals surface area contributed by atoms with Gasteiger partial charge in [0.2, 0.25) is 0 Å². The van der Waals surface area contributed by atoms with Gasteiger partial charge in [-0.25, -0.2) is 9.97 Å². The second-order valence-electron chi connectivity index (χ2n) is 7.66. The molecule has 3 N–H and O–H groups in total. The Bertz CT molecular complexity index is 1070. The van der Waals surface area contributed by atoms with Crippen LogP contribution in [0.2, 0.25) is 0 Å². The number of hydrogen-bond donors (Lipinski definition) is 2. The lowest BCUT2D eigenvalue weighted by molar-refractivity contribution is -0.117. The molecule has 166 valence electrons. The van der Waals surface area contributed by atoms with E-state index in [2.05, 4.69) is 17.1 Å². The van der Waals surface area contributed by atoms with Gasteiger partial charge in [-0.05, 0) is 31.7 Å². The van der Waals surface area contributed by atoms with Crippen molar-refractivity contribution in [1.82, 2.24) is 14.7 Å². The van der Waals surface area contributed by atoms with Crippen molar-refractivity contribution in [3.8, 4) is 0 Å². The zero-order chi connectivity index (χ0) is 22.2. The Balaban J connectivity index is 1.76. The molecule has 0 atom stereocenters. The first-order valence-electron chi connectivity index (χ1n) is 11.0. The lowest BCUT2D eigenvalue weighted by Gasteiger charge is -2.12. The number of fused-ring (bicyclic) bond motifs is 3. The number of para-hydroxylation sites is 1. The molecule has 0 saturated carbocycles. The van der Waals surface area contributed by atoms with Gasteiger partial charge in [0.1, 0.15) is 29.2 Å². The molecule has 3 rings (SSSR count). The normalized spacial score (nSPS) is 12.0. The Kier molecular flexibility index (Phi) is 7.81. The molecule has 1 aromatic carbocycles. The van der Waals surface area contributed by atoms with E-state index >= 15 is 0 Å². The molecule has 0 aliphatic carbocycles. The molecule has 0 aliphatic rings. The maximum Gasteiger partial charge on any atom is 0.152 e. The number of hydrogen-bond acceptors (Lipinski definition) is 7. The van der Waals surface area contributed by atoms with Gasteiger partial charge in [-0.15, -0.1) is 0 Å². The number of rotatable bonds is 12. The summed E-state index contributed by atoms with van der Waals surface area (Å²) in [5.74, 6) is 1.32. The summed E-state index contributed by atoms with van der Waals surface area (Å²) in [5.41, 5.74) is 9.05. The number of benzene rings is 1. The molecule has 0 bridgehead atoms. The molecule has 3 aromatic rings. The van der Waals surface area contributed by atoms with Crippen molar-refractivity contribution in [1.29, 1.82) is 0 Å². The minimum absolute atomic E-state index is 0.0765. The van der Waals surface area contributed by atoms with E-state index in [1.165, 1.54) is 0 Å². The van der Waals surface area contributed by atoms with Gasteiger partial charge in [-0.1, -0.05) is 43.6 Å². The molecule has 0 spiro atoms. The van der Waals surface area contributed by atoms with E-state index in [1.54, 1.807) is 0 Å². The first-order chi connectivity index (χ1) is 15.1. The Morgan fingerprint density at radius 2 is 2.00 bits per heavy atom. The lowest BCUT2D eigenvalue weighted by atomic mass is 10.1. The number of nitrogens with two attached hydrogens (primary N) is 1. The van der Waals surface area contributed by atoms with Gasteiger partial charge < -0.3 is 15.8 Å². The minimum atomic E-state index is 0.0765. The third-order valence-corrected chi connectivity index (χ3v) is 5.32. The van der Waals surface area contributed by atoms with Crippen LogP contribution in [-0.2, 0) is 11.2 Å². The van der Waals surface area contributed by atoms with E-state index in [0.717, 1.165) is 54.3 Å². The molecular weight excluding hydrogens is 394 g/mol. The standard InChI is InChI=1S/C23H31N5O3/c1-3-5-13-20-26-21-22(18-11-6-7-12-19(18)25-23(21)24)28(20)31-14-9-8-10-16(27-30)15-17(29)4-2/h6-7,11-12,30H,3-5,8-10,13-15H2,1-2H3,(H2,24,25)/b27-16-. The number of imidazole rings is 1. The number of unbranched alkanes of at least 4 members (excludes halogenated alkanes) is 2. The van der Waals surface area contributed by atoms with Crippen molar-refractivity contribution >= 4 is 39.2 Å². The Hall–Kier alpha value is -3.16. The minimum Gasteiger partial charge on any atom is -0.412 e. The van der Waals surface area contributed by atoms with Gasteiger partial charge in [0.15, 0.2) is 5.82 Å². The topological polar surface area (TPSA) is 116 Å². The summed E-state index contributed by atoms with van der Waals surface area (Å²) in [6.45, 7) is 4.42. The summed E-state index contributed by atoms with van der Waals surface area (Å²) < 4.78 is 1.81. The molecule has 2 aromatic heterocycles. The third kappa shape index (κ3) is 5.31. The van der Waals surface area contributed by atoms with Crippen LogP contribution in [0.3, 0.4) is 0 Å². The van der Waals surface area contributed by atoms with Crippen LogP contribution in [0.25, 0.3) is 21.9 Å². The van der Waals surface area contributed by atoms with Crippen LogP contribution in [0.1, 0.15) is 64.6 Å². The fraction of sp³-hybridized carbons (Fsp3) is 0.478. The highest BCUT2D eigenvalue weighted by molar-refractivity contribution is 6.06. The number of aromatic nitrogens is 3. The quantitative estimate of drug-likeness (QED) is 0.193. The van der Waals surface area contributed by atoms with Gasteiger partial charge in [0.25, 0.3) is 0 Å². The van der Waals surface area contributed by atoms with Gasteiger partial charge in [0, 0.05) is 24.6 Å². The van der Waals surface area contributed by atoms with Crippen LogP contribution < -0.4 is 10.6 Å². The molecule has 0 saturated heterocycles. The molecule has 0 unspecified atom stereocenters. The number of carbonyl (C=O) groups is 1. The molecule has 0 radical (unpaired) electrons. The van der Waals surface area contributed by atoms with Crippen molar-refractivity contribution in [2.45, 2.75) is 65.2 Å². The van der Waals surface area contributed by atoms with E-state index in [1.807, 2.05) is 35.9 Å². The Labute approximate surface area is 182 Å². The summed E-state index contributed by atoms with van der Waals surface area (Å²) >= 11 is 0. The number of anilines is 1. The highest BCUT2D eigenvalue weighted by atomic mass is 16.7. The number of nitrogens with zero attached hydrogens (tertiary/aromatic N) is 4. The zero-order valence-electron chi connectivity index (χ0n) is 18.3. The first-order valence-corrected chi connectivity index (χ1v) is 11.0. The number of carbonyl (C=O) groups excluding carboxylic acids is 1. The molecule has 8 heteroatoms. The third-order valence-electron chi connectivity index (χ3n) is 5.32. The fourth-order valence-corrected chi connectivity index (χ4v) is 3.57. The van der Waals surface area contributed by atoms with Crippen LogP contribution in [0.15, 0.2) is 29.4 Å².